The van der Waals surface area contributed by atoms with Crippen LogP contribution in [0, 0.1) is 0 Å². The second-order valence-corrected chi connectivity index (χ2v) is 3.29. The molecule has 4 nitrogen and oxygen atoms in total. The molecule has 1 aromatic heterocycles. The zero-order valence-electron chi connectivity index (χ0n) is 8.13. The van der Waals surface area contributed by atoms with Gasteiger partial charge in [0.15, 0.2) is 5.22 Å². The SMILES string of the molecule is CCCOCC(NN)c1ccoc1Cl. The van der Waals surface area contributed by atoms with Crippen LogP contribution in [0.25, 0.3) is 0 Å². The van der Waals surface area contributed by atoms with Crippen LogP contribution in [0.1, 0.15) is 24.9 Å². The van der Waals surface area contributed by atoms with E-state index in [1.165, 1.54) is 6.26 Å². The lowest BCUT2D eigenvalue weighted by Gasteiger charge is -2.14. The molecule has 0 amide bonds. The Morgan fingerprint density at radius 2 is 2.50 bits per heavy atom. The first-order valence-electron chi connectivity index (χ1n) is 4.56. The summed E-state index contributed by atoms with van der Waals surface area (Å²) in [6.45, 7) is 3.26. The van der Waals surface area contributed by atoms with Gasteiger partial charge < -0.3 is 9.15 Å². The second-order valence-electron chi connectivity index (χ2n) is 2.94. The Hall–Kier alpha value is -0.550. The Labute approximate surface area is 88.3 Å². The zero-order chi connectivity index (χ0) is 10.4. The van der Waals surface area contributed by atoms with E-state index in [1.54, 1.807) is 6.07 Å². The lowest BCUT2D eigenvalue weighted by atomic mass is 10.2. The number of nitrogens with one attached hydrogen (secondary N) is 1. The highest BCUT2D eigenvalue weighted by Gasteiger charge is 2.15. The first-order valence-corrected chi connectivity index (χ1v) is 4.94. The minimum absolute atomic E-state index is 0.118. The summed E-state index contributed by atoms with van der Waals surface area (Å²) < 4.78 is 10.3. The third kappa shape index (κ3) is 2.99. The molecule has 0 aliphatic heterocycles. The molecule has 0 bridgehead atoms. The van der Waals surface area contributed by atoms with Crippen molar-refractivity contribution in [3.05, 3.63) is 23.1 Å². The topological polar surface area (TPSA) is 60.4 Å². The summed E-state index contributed by atoms with van der Waals surface area (Å²) in [7, 11) is 0. The minimum Gasteiger partial charge on any atom is -0.453 e. The zero-order valence-corrected chi connectivity index (χ0v) is 8.88. The number of hydrogen-bond acceptors (Lipinski definition) is 4. The molecular formula is C9H15ClN2O2. The van der Waals surface area contributed by atoms with Crippen LogP contribution in [-0.4, -0.2) is 13.2 Å². The number of hydrazine groups is 1. The average molecular weight is 219 g/mol. The largest absolute Gasteiger partial charge is 0.453 e. The Kier molecular flexibility index (Phi) is 4.97. The van der Waals surface area contributed by atoms with E-state index >= 15 is 0 Å². The standard InChI is InChI=1S/C9H15ClN2O2/c1-2-4-13-6-8(12-11)7-3-5-14-9(7)10/h3,5,8,12H,2,4,6,11H2,1H3. The molecule has 1 unspecified atom stereocenters. The second kappa shape index (κ2) is 6.03. The molecule has 0 saturated carbocycles. The molecule has 0 aliphatic carbocycles. The maximum Gasteiger partial charge on any atom is 0.197 e. The van der Waals surface area contributed by atoms with Crippen LogP contribution < -0.4 is 11.3 Å². The first-order chi connectivity index (χ1) is 6.79. The van der Waals surface area contributed by atoms with Crippen molar-refractivity contribution in [3.63, 3.8) is 0 Å². The number of nitrogens with two attached hydrogens (primary N) is 1. The van der Waals surface area contributed by atoms with E-state index in [4.69, 9.17) is 26.6 Å². The van der Waals surface area contributed by atoms with E-state index in [2.05, 4.69) is 12.3 Å². The van der Waals surface area contributed by atoms with Gasteiger partial charge in [-0.3, -0.25) is 11.3 Å². The van der Waals surface area contributed by atoms with Gasteiger partial charge in [0.2, 0.25) is 0 Å². The molecule has 0 fully saturated rings. The highest BCUT2D eigenvalue weighted by Crippen LogP contribution is 2.23. The molecule has 14 heavy (non-hydrogen) atoms. The van der Waals surface area contributed by atoms with Gasteiger partial charge in [0.05, 0.1) is 18.9 Å². The molecule has 0 radical (unpaired) electrons. The molecule has 5 heteroatoms. The molecule has 1 aromatic rings. The maximum atomic E-state index is 5.81. The molecular weight excluding hydrogens is 204 g/mol. The fraction of sp³-hybridized carbons (Fsp3) is 0.556. The quantitative estimate of drug-likeness (QED) is 0.435. The summed E-state index contributed by atoms with van der Waals surface area (Å²) in [5.74, 6) is 5.38. The fourth-order valence-corrected chi connectivity index (χ4v) is 1.37. The Bertz CT molecular complexity index is 265. The van der Waals surface area contributed by atoms with E-state index in [-0.39, 0.29) is 6.04 Å². The monoisotopic (exact) mass is 218 g/mol. The van der Waals surface area contributed by atoms with Crippen LogP contribution in [0.3, 0.4) is 0 Å². The van der Waals surface area contributed by atoms with Gasteiger partial charge in [-0.1, -0.05) is 6.92 Å². The van der Waals surface area contributed by atoms with Gasteiger partial charge in [0, 0.05) is 12.2 Å². The smallest absolute Gasteiger partial charge is 0.197 e. The van der Waals surface area contributed by atoms with Crippen molar-refractivity contribution in [1.29, 1.82) is 0 Å². The molecule has 1 heterocycles. The molecule has 1 rings (SSSR count). The number of hydrogen-bond donors (Lipinski definition) is 2. The number of halogens is 1. The maximum absolute atomic E-state index is 5.81. The molecule has 0 aromatic carbocycles. The predicted molar refractivity (Wildman–Crippen MR) is 54.9 cm³/mol. The van der Waals surface area contributed by atoms with Gasteiger partial charge in [0.1, 0.15) is 0 Å². The lowest BCUT2D eigenvalue weighted by Crippen LogP contribution is -2.31. The highest BCUT2D eigenvalue weighted by atomic mass is 35.5. The Morgan fingerprint density at radius 1 is 1.71 bits per heavy atom. The lowest BCUT2D eigenvalue weighted by molar-refractivity contribution is 0.112. The van der Waals surface area contributed by atoms with Gasteiger partial charge in [0.25, 0.3) is 0 Å². The van der Waals surface area contributed by atoms with Crippen LogP contribution >= 0.6 is 11.6 Å². The van der Waals surface area contributed by atoms with E-state index in [9.17, 15) is 0 Å². The van der Waals surface area contributed by atoms with Gasteiger partial charge in [-0.15, -0.1) is 0 Å². The van der Waals surface area contributed by atoms with Crippen molar-refractivity contribution in [1.82, 2.24) is 5.43 Å². The van der Waals surface area contributed by atoms with Crippen LogP contribution in [0.5, 0.6) is 0 Å². The van der Waals surface area contributed by atoms with Crippen LogP contribution in [-0.2, 0) is 4.74 Å². The van der Waals surface area contributed by atoms with Crippen molar-refractivity contribution >= 4 is 11.6 Å². The number of ether oxygens (including phenoxy) is 1. The third-order valence-corrected chi connectivity index (χ3v) is 2.16. The van der Waals surface area contributed by atoms with Crippen LogP contribution in [0.4, 0.5) is 0 Å². The van der Waals surface area contributed by atoms with Crippen molar-refractivity contribution in [2.75, 3.05) is 13.2 Å². The summed E-state index contributed by atoms with van der Waals surface area (Å²) in [5, 5.41) is 0.355. The van der Waals surface area contributed by atoms with Crippen molar-refractivity contribution < 1.29 is 9.15 Å². The van der Waals surface area contributed by atoms with Crippen molar-refractivity contribution in [2.45, 2.75) is 19.4 Å². The normalized spacial score (nSPS) is 13.1. The third-order valence-electron chi connectivity index (χ3n) is 1.86. The van der Waals surface area contributed by atoms with Crippen molar-refractivity contribution in [3.8, 4) is 0 Å². The first kappa shape index (κ1) is 11.5. The van der Waals surface area contributed by atoms with Crippen LogP contribution in [0.2, 0.25) is 5.22 Å². The highest BCUT2D eigenvalue weighted by molar-refractivity contribution is 6.29. The van der Waals surface area contributed by atoms with Gasteiger partial charge in [-0.05, 0) is 24.1 Å². The Morgan fingerprint density at radius 3 is 3.00 bits per heavy atom. The predicted octanol–water partition coefficient (Wildman–Crippen LogP) is 1.86. The summed E-state index contributed by atoms with van der Waals surface area (Å²) in [5.41, 5.74) is 3.46. The molecule has 0 aliphatic rings. The molecule has 1 atom stereocenters. The average Bonchev–Trinajstić information content (AvgIpc) is 2.60. The van der Waals surface area contributed by atoms with E-state index in [1.807, 2.05) is 0 Å². The van der Waals surface area contributed by atoms with Crippen LogP contribution in [0.15, 0.2) is 16.7 Å². The Balaban J connectivity index is 2.50. The summed E-state index contributed by atoms with van der Waals surface area (Å²) in [6, 6.07) is 1.66. The van der Waals surface area contributed by atoms with Gasteiger partial charge in [-0.2, -0.15) is 0 Å². The van der Waals surface area contributed by atoms with E-state index in [0.29, 0.717) is 18.4 Å². The van der Waals surface area contributed by atoms with E-state index < -0.39 is 0 Å². The van der Waals surface area contributed by atoms with Crippen molar-refractivity contribution in [2.24, 2.45) is 5.84 Å². The molecule has 0 spiro atoms. The number of rotatable bonds is 6. The van der Waals surface area contributed by atoms with E-state index in [0.717, 1.165) is 12.0 Å². The van der Waals surface area contributed by atoms with Gasteiger partial charge in [-0.25, -0.2) is 0 Å². The summed E-state index contributed by atoms with van der Waals surface area (Å²) in [6.07, 6.45) is 2.51. The molecule has 3 N–H and O–H groups in total. The number of furan rings is 1. The summed E-state index contributed by atoms with van der Waals surface area (Å²) >= 11 is 5.81. The molecule has 80 valence electrons. The fourth-order valence-electron chi connectivity index (χ4n) is 1.13. The summed E-state index contributed by atoms with van der Waals surface area (Å²) in [4.78, 5) is 0. The molecule has 0 saturated heterocycles. The van der Waals surface area contributed by atoms with Gasteiger partial charge >= 0.3 is 0 Å². The minimum atomic E-state index is -0.118.